The smallest absolute Gasteiger partial charge is 0.257 e. The van der Waals surface area contributed by atoms with E-state index in [1.54, 1.807) is 0 Å². The molecule has 0 aliphatic carbocycles. The van der Waals surface area contributed by atoms with Crippen LogP contribution in [0.2, 0.25) is 5.02 Å². The third-order valence-corrected chi connectivity index (χ3v) is 5.11. The summed E-state index contributed by atoms with van der Waals surface area (Å²) >= 11 is 6.24. The predicted octanol–water partition coefficient (Wildman–Crippen LogP) is 4.96. The molecular weight excluding hydrogens is 414 g/mol. The number of rotatable bonds is 8. The summed E-state index contributed by atoms with van der Waals surface area (Å²) in [5.41, 5.74) is 0.768. The number of fused-ring (bicyclic) bond motifs is 1. The van der Waals surface area contributed by atoms with E-state index in [0.29, 0.717) is 29.0 Å². The standard InChI is InChI=1S/C21H23ClF2N4O2/c1-21(2,11-29)4-3-5-25-19-14(22)6-12(9-27-19)20(30)28-18-10-26-17-8-16(24)15(23)7-13(17)18/h6-10,26,29H,3-5,11H2,1-2H3,(H,25,27)(H,28,30). The number of benzene rings is 1. The normalized spacial score (nSPS) is 11.7. The summed E-state index contributed by atoms with van der Waals surface area (Å²) in [7, 11) is 0. The van der Waals surface area contributed by atoms with Crippen molar-refractivity contribution in [3.63, 3.8) is 0 Å². The number of anilines is 2. The molecule has 2 aromatic heterocycles. The molecule has 0 atom stereocenters. The topological polar surface area (TPSA) is 90.0 Å². The van der Waals surface area contributed by atoms with Gasteiger partial charge >= 0.3 is 0 Å². The van der Waals surface area contributed by atoms with Gasteiger partial charge < -0.3 is 20.7 Å². The van der Waals surface area contributed by atoms with Crippen molar-refractivity contribution in [1.29, 1.82) is 0 Å². The van der Waals surface area contributed by atoms with Crippen LogP contribution in [0.3, 0.4) is 0 Å². The van der Waals surface area contributed by atoms with Crippen molar-refractivity contribution in [1.82, 2.24) is 9.97 Å². The molecule has 0 radical (unpaired) electrons. The molecule has 4 N–H and O–H groups in total. The third kappa shape index (κ3) is 5.06. The first kappa shape index (κ1) is 22.0. The lowest BCUT2D eigenvalue weighted by Crippen LogP contribution is -2.18. The molecule has 0 saturated carbocycles. The minimum Gasteiger partial charge on any atom is -0.396 e. The van der Waals surface area contributed by atoms with Gasteiger partial charge in [-0.3, -0.25) is 4.79 Å². The first-order valence-electron chi connectivity index (χ1n) is 9.48. The van der Waals surface area contributed by atoms with Crippen LogP contribution in [-0.4, -0.2) is 34.1 Å². The third-order valence-electron chi connectivity index (χ3n) is 4.83. The zero-order chi connectivity index (χ0) is 21.9. The summed E-state index contributed by atoms with van der Waals surface area (Å²) < 4.78 is 26.9. The van der Waals surface area contributed by atoms with Crippen molar-refractivity contribution in [2.45, 2.75) is 26.7 Å². The summed E-state index contributed by atoms with van der Waals surface area (Å²) in [6.07, 6.45) is 4.51. The second-order valence-electron chi connectivity index (χ2n) is 7.88. The van der Waals surface area contributed by atoms with Crippen molar-refractivity contribution >= 4 is 39.9 Å². The van der Waals surface area contributed by atoms with E-state index in [0.717, 1.165) is 25.0 Å². The Balaban J connectivity index is 1.65. The monoisotopic (exact) mass is 436 g/mol. The van der Waals surface area contributed by atoms with Gasteiger partial charge in [0.25, 0.3) is 5.91 Å². The summed E-state index contributed by atoms with van der Waals surface area (Å²) in [6, 6.07) is 3.53. The molecule has 3 aromatic rings. The van der Waals surface area contributed by atoms with Gasteiger partial charge in [-0.2, -0.15) is 0 Å². The molecule has 30 heavy (non-hydrogen) atoms. The molecule has 0 bridgehead atoms. The Bertz CT molecular complexity index is 1070. The van der Waals surface area contributed by atoms with Gasteiger partial charge in [-0.1, -0.05) is 25.4 Å². The van der Waals surface area contributed by atoms with Crippen molar-refractivity contribution < 1.29 is 18.7 Å². The van der Waals surface area contributed by atoms with E-state index >= 15 is 0 Å². The maximum Gasteiger partial charge on any atom is 0.257 e. The Hall–Kier alpha value is -2.71. The van der Waals surface area contributed by atoms with Crippen LogP contribution in [0.25, 0.3) is 10.9 Å². The van der Waals surface area contributed by atoms with Gasteiger partial charge in [-0.05, 0) is 30.4 Å². The second kappa shape index (κ2) is 8.97. The first-order valence-corrected chi connectivity index (χ1v) is 9.86. The number of amides is 1. The number of carbonyl (C=O) groups is 1. The summed E-state index contributed by atoms with van der Waals surface area (Å²) in [5, 5.41) is 15.7. The second-order valence-corrected chi connectivity index (χ2v) is 8.28. The molecule has 160 valence electrons. The fraction of sp³-hybridized carbons (Fsp3) is 0.333. The van der Waals surface area contributed by atoms with E-state index in [2.05, 4.69) is 20.6 Å². The van der Waals surface area contributed by atoms with Crippen molar-refractivity contribution in [2.24, 2.45) is 5.41 Å². The summed E-state index contributed by atoms with van der Waals surface area (Å²) in [6.45, 7) is 4.72. The Morgan fingerprint density at radius 3 is 2.70 bits per heavy atom. The molecule has 0 unspecified atom stereocenters. The number of nitrogens with one attached hydrogen (secondary N) is 3. The molecule has 2 heterocycles. The number of hydrogen-bond donors (Lipinski definition) is 4. The Morgan fingerprint density at radius 2 is 2.00 bits per heavy atom. The van der Waals surface area contributed by atoms with E-state index in [9.17, 15) is 18.7 Å². The van der Waals surface area contributed by atoms with Gasteiger partial charge in [0.2, 0.25) is 0 Å². The van der Waals surface area contributed by atoms with Gasteiger partial charge in [0.1, 0.15) is 5.82 Å². The number of H-pyrrole nitrogens is 1. The average Bonchev–Trinajstić information content (AvgIpc) is 3.08. The average molecular weight is 437 g/mol. The predicted molar refractivity (Wildman–Crippen MR) is 114 cm³/mol. The van der Waals surface area contributed by atoms with Crippen molar-refractivity contribution in [3.8, 4) is 0 Å². The van der Waals surface area contributed by atoms with Gasteiger partial charge in [0.05, 0.1) is 21.8 Å². The van der Waals surface area contributed by atoms with Gasteiger partial charge in [-0.15, -0.1) is 0 Å². The van der Waals surface area contributed by atoms with Crippen LogP contribution >= 0.6 is 11.6 Å². The van der Waals surface area contributed by atoms with E-state index in [1.807, 2.05) is 13.8 Å². The number of nitrogens with zero attached hydrogens (tertiary/aromatic N) is 1. The Labute approximate surface area is 177 Å². The van der Waals surface area contributed by atoms with Crippen molar-refractivity contribution in [3.05, 3.63) is 52.8 Å². The number of carbonyl (C=O) groups excluding carboxylic acids is 1. The lowest BCUT2D eigenvalue weighted by molar-refractivity contribution is 0.102. The first-order chi connectivity index (χ1) is 14.2. The lowest BCUT2D eigenvalue weighted by Gasteiger charge is -2.21. The number of aromatic nitrogens is 2. The zero-order valence-corrected chi connectivity index (χ0v) is 17.4. The molecule has 1 aromatic carbocycles. The number of pyridine rings is 1. The van der Waals surface area contributed by atoms with Crippen molar-refractivity contribution in [2.75, 3.05) is 23.8 Å². The molecule has 0 spiro atoms. The Morgan fingerprint density at radius 1 is 1.27 bits per heavy atom. The van der Waals surface area contributed by atoms with E-state index < -0.39 is 17.5 Å². The molecule has 3 rings (SSSR count). The van der Waals surface area contributed by atoms with Gasteiger partial charge in [0, 0.05) is 37.0 Å². The van der Waals surface area contributed by atoms with Gasteiger partial charge in [0.15, 0.2) is 11.6 Å². The number of aliphatic hydroxyl groups excluding tert-OH is 1. The SMILES string of the molecule is CC(C)(CO)CCCNc1ncc(C(=O)Nc2c[nH]c3cc(F)c(F)cc23)cc1Cl. The lowest BCUT2D eigenvalue weighted by atomic mass is 9.89. The quantitative estimate of drug-likeness (QED) is 0.376. The molecule has 0 fully saturated rings. The fourth-order valence-electron chi connectivity index (χ4n) is 2.96. The van der Waals surface area contributed by atoms with Crippen LogP contribution in [0.5, 0.6) is 0 Å². The van der Waals surface area contributed by atoms with Crippen LogP contribution in [-0.2, 0) is 0 Å². The number of aliphatic hydroxyl groups is 1. The zero-order valence-electron chi connectivity index (χ0n) is 16.7. The maximum absolute atomic E-state index is 13.5. The highest BCUT2D eigenvalue weighted by Crippen LogP contribution is 2.27. The molecule has 1 amide bonds. The minimum atomic E-state index is -1.000. The number of hydrogen-bond acceptors (Lipinski definition) is 4. The van der Waals surface area contributed by atoms with Crippen LogP contribution < -0.4 is 10.6 Å². The van der Waals surface area contributed by atoms with Crippen LogP contribution in [0, 0.1) is 17.0 Å². The highest BCUT2D eigenvalue weighted by atomic mass is 35.5. The molecule has 6 nitrogen and oxygen atoms in total. The number of halogens is 3. The van der Waals surface area contributed by atoms with Gasteiger partial charge in [-0.25, -0.2) is 13.8 Å². The summed E-state index contributed by atoms with van der Waals surface area (Å²) in [4.78, 5) is 19.5. The molecule has 9 heteroatoms. The van der Waals surface area contributed by atoms with E-state index in [-0.39, 0.29) is 22.6 Å². The van der Waals surface area contributed by atoms with E-state index in [1.165, 1.54) is 18.5 Å². The maximum atomic E-state index is 13.5. The van der Waals surface area contributed by atoms with Crippen LogP contribution in [0.15, 0.2) is 30.6 Å². The van der Waals surface area contributed by atoms with E-state index in [4.69, 9.17) is 11.6 Å². The van der Waals surface area contributed by atoms with Crippen LogP contribution in [0.4, 0.5) is 20.3 Å². The fourth-order valence-corrected chi connectivity index (χ4v) is 3.19. The van der Waals surface area contributed by atoms with Crippen LogP contribution in [0.1, 0.15) is 37.0 Å². The highest BCUT2D eigenvalue weighted by Gasteiger charge is 2.16. The molecule has 0 aliphatic rings. The number of aromatic amines is 1. The minimum absolute atomic E-state index is 0.119. The molecular formula is C21H23ClF2N4O2. The highest BCUT2D eigenvalue weighted by molar-refractivity contribution is 6.33. The largest absolute Gasteiger partial charge is 0.396 e. The molecule has 0 aliphatic heterocycles. The molecule has 0 saturated heterocycles. The Kier molecular flexibility index (Phi) is 6.58. The summed E-state index contributed by atoms with van der Waals surface area (Å²) in [5.74, 6) is -1.99.